The fraction of sp³-hybridized carbons (Fsp3) is 0.462. The number of hydrogen-bond donors (Lipinski definition) is 1. The molecule has 0 spiro atoms. The molecule has 0 aromatic heterocycles. The van der Waals surface area contributed by atoms with Gasteiger partial charge in [0, 0.05) is 13.1 Å². The van der Waals surface area contributed by atoms with Crippen molar-refractivity contribution in [1.82, 2.24) is 4.90 Å². The fourth-order valence-corrected chi connectivity index (χ4v) is 2.05. The molecular formula is C13H19ClN2O. The molecule has 17 heavy (non-hydrogen) atoms. The van der Waals surface area contributed by atoms with Crippen molar-refractivity contribution in [3.05, 3.63) is 35.4 Å². The number of halogens is 1. The number of carbonyl (C=O) groups excluding carboxylic acids is 1. The van der Waals surface area contributed by atoms with Gasteiger partial charge >= 0.3 is 0 Å². The molecule has 1 aromatic rings. The minimum Gasteiger partial charge on any atom is -0.341 e. The standard InChI is InChI=1S/C13H18N2O.ClH/c1-10-4-6-11(7-5-10)12(14)13(16)15-8-2-3-9-15;/h4-7,12H,2-3,8-9,14H2,1H3;1H. The summed E-state index contributed by atoms with van der Waals surface area (Å²) in [5, 5.41) is 0. The molecule has 1 amide bonds. The van der Waals surface area contributed by atoms with Crippen molar-refractivity contribution in [2.24, 2.45) is 5.73 Å². The lowest BCUT2D eigenvalue weighted by molar-refractivity contribution is -0.131. The second-order valence-corrected chi connectivity index (χ2v) is 4.42. The molecule has 2 N–H and O–H groups in total. The second-order valence-electron chi connectivity index (χ2n) is 4.42. The molecule has 94 valence electrons. The van der Waals surface area contributed by atoms with Crippen LogP contribution in [0, 0.1) is 6.92 Å². The lowest BCUT2D eigenvalue weighted by atomic mass is 10.1. The number of likely N-dealkylation sites (tertiary alicyclic amines) is 1. The van der Waals surface area contributed by atoms with Gasteiger partial charge in [0.2, 0.25) is 5.91 Å². The molecule has 1 aliphatic heterocycles. The smallest absolute Gasteiger partial charge is 0.244 e. The first-order valence-corrected chi connectivity index (χ1v) is 5.79. The van der Waals surface area contributed by atoms with Gasteiger partial charge in [0.05, 0.1) is 0 Å². The third-order valence-corrected chi connectivity index (χ3v) is 3.12. The molecule has 0 radical (unpaired) electrons. The van der Waals surface area contributed by atoms with Crippen molar-refractivity contribution in [2.45, 2.75) is 25.8 Å². The number of benzene rings is 1. The summed E-state index contributed by atoms with van der Waals surface area (Å²) in [6, 6.07) is 7.36. The van der Waals surface area contributed by atoms with Crippen molar-refractivity contribution >= 4 is 18.3 Å². The predicted octanol–water partition coefficient (Wildman–Crippen LogP) is 2.04. The molecular weight excluding hydrogens is 236 g/mol. The van der Waals surface area contributed by atoms with Crippen LogP contribution in [0.3, 0.4) is 0 Å². The number of amides is 1. The van der Waals surface area contributed by atoms with Gasteiger partial charge in [-0.15, -0.1) is 12.4 Å². The summed E-state index contributed by atoms with van der Waals surface area (Å²) in [5.41, 5.74) is 8.07. The highest BCUT2D eigenvalue weighted by atomic mass is 35.5. The molecule has 1 saturated heterocycles. The summed E-state index contributed by atoms with van der Waals surface area (Å²) < 4.78 is 0. The molecule has 1 atom stereocenters. The first kappa shape index (κ1) is 14.0. The number of carbonyl (C=O) groups is 1. The lowest BCUT2D eigenvalue weighted by Gasteiger charge is -2.20. The fourth-order valence-electron chi connectivity index (χ4n) is 2.05. The van der Waals surface area contributed by atoms with E-state index in [1.54, 1.807) is 0 Å². The molecule has 0 bridgehead atoms. The van der Waals surface area contributed by atoms with Crippen molar-refractivity contribution in [3.63, 3.8) is 0 Å². The Hall–Kier alpha value is -1.06. The van der Waals surface area contributed by atoms with E-state index in [1.807, 2.05) is 36.1 Å². The Labute approximate surface area is 108 Å². The summed E-state index contributed by atoms with van der Waals surface area (Å²) in [4.78, 5) is 13.9. The average Bonchev–Trinajstić information content (AvgIpc) is 2.81. The van der Waals surface area contributed by atoms with E-state index in [4.69, 9.17) is 5.73 Å². The Morgan fingerprint density at radius 3 is 2.29 bits per heavy atom. The van der Waals surface area contributed by atoms with Gasteiger partial charge in [-0.2, -0.15) is 0 Å². The highest BCUT2D eigenvalue weighted by Gasteiger charge is 2.24. The largest absolute Gasteiger partial charge is 0.341 e. The van der Waals surface area contributed by atoms with Crippen molar-refractivity contribution in [2.75, 3.05) is 13.1 Å². The van der Waals surface area contributed by atoms with E-state index in [0.29, 0.717) is 0 Å². The second kappa shape index (κ2) is 6.03. The maximum Gasteiger partial charge on any atom is 0.244 e. The number of rotatable bonds is 2. The van der Waals surface area contributed by atoms with Gasteiger partial charge < -0.3 is 10.6 Å². The van der Waals surface area contributed by atoms with Crippen LogP contribution in [0.15, 0.2) is 24.3 Å². The van der Waals surface area contributed by atoms with E-state index in [9.17, 15) is 4.79 Å². The van der Waals surface area contributed by atoms with Gasteiger partial charge in [-0.25, -0.2) is 0 Å². The topological polar surface area (TPSA) is 46.3 Å². The van der Waals surface area contributed by atoms with Gasteiger partial charge in [0.25, 0.3) is 0 Å². The molecule has 1 aromatic carbocycles. The third-order valence-electron chi connectivity index (χ3n) is 3.12. The third kappa shape index (κ3) is 3.20. The number of aryl methyl sites for hydroxylation is 1. The first-order valence-electron chi connectivity index (χ1n) is 5.79. The molecule has 1 heterocycles. The minimum atomic E-state index is -0.501. The van der Waals surface area contributed by atoms with E-state index >= 15 is 0 Å². The molecule has 1 aliphatic rings. The van der Waals surface area contributed by atoms with Crippen LogP contribution in [0.5, 0.6) is 0 Å². The van der Waals surface area contributed by atoms with E-state index in [-0.39, 0.29) is 18.3 Å². The zero-order chi connectivity index (χ0) is 11.5. The maximum absolute atomic E-state index is 12.0. The Balaban J connectivity index is 0.00000144. The first-order chi connectivity index (χ1) is 7.68. The van der Waals surface area contributed by atoms with Crippen LogP contribution in [0.1, 0.15) is 30.0 Å². The SMILES string of the molecule is Cc1ccc(C(N)C(=O)N2CCCC2)cc1.Cl. The molecule has 1 unspecified atom stereocenters. The highest BCUT2D eigenvalue weighted by molar-refractivity contribution is 5.85. The molecule has 4 heteroatoms. The van der Waals surface area contributed by atoms with Crippen molar-refractivity contribution < 1.29 is 4.79 Å². The van der Waals surface area contributed by atoms with Gasteiger partial charge in [-0.05, 0) is 25.3 Å². The monoisotopic (exact) mass is 254 g/mol. The molecule has 0 saturated carbocycles. The Morgan fingerprint density at radius 1 is 1.24 bits per heavy atom. The molecule has 2 rings (SSSR count). The van der Waals surface area contributed by atoms with Crippen LogP contribution in [0.2, 0.25) is 0 Å². The number of hydrogen-bond acceptors (Lipinski definition) is 2. The van der Waals surface area contributed by atoms with Gasteiger partial charge in [-0.3, -0.25) is 4.79 Å². The van der Waals surface area contributed by atoms with E-state index < -0.39 is 6.04 Å². The Kier molecular flexibility index (Phi) is 4.97. The zero-order valence-corrected chi connectivity index (χ0v) is 10.9. The van der Waals surface area contributed by atoms with Crippen LogP contribution in [-0.2, 0) is 4.79 Å². The molecule has 3 nitrogen and oxygen atoms in total. The summed E-state index contributed by atoms with van der Waals surface area (Å²) >= 11 is 0. The number of nitrogens with two attached hydrogens (primary N) is 1. The summed E-state index contributed by atoms with van der Waals surface area (Å²) in [5.74, 6) is 0.0568. The highest BCUT2D eigenvalue weighted by Crippen LogP contribution is 2.17. The van der Waals surface area contributed by atoms with Crippen LogP contribution in [0.4, 0.5) is 0 Å². The normalized spacial score (nSPS) is 16.5. The van der Waals surface area contributed by atoms with Gasteiger partial charge in [-0.1, -0.05) is 29.8 Å². The molecule has 1 fully saturated rings. The van der Waals surface area contributed by atoms with Crippen LogP contribution in [0.25, 0.3) is 0 Å². The van der Waals surface area contributed by atoms with Crippen LogP contribution in [-0.4, -0.2) is 23.9 Å². The summed E-state index contributed by atoms with van der Waals surface area (Å²) in [6.07, 6.45) is 2.21. The van der Waals surface area contributed by atoms with Crippen molar-refractivity contribution in [1.29, 1.82) is 0 Å². The predicted molar refractivity (Wildman–Crippen MR) is 71.2 cm³/mol. The minimum absolute atomic E-state index is 0. The zero-order valence-electron chi connectivity index (χ0n) is 10.1. The number of nitrogens with zero attached hydrogens (tertiary/aromatic N) is 1. The van der Waals surface area contributed by atoms with E-state index in [2.05, 4.69) is 0 Å². The summed E-state index contributed by atoms with van der Waals surface area (Å²) in [6.45, 7) is 3.74. The average molecular weight is 255 g/mol. The van der Waals surface area contributed by atoms with Gasteiger partial charge in [0.15, 0.2) is 0 Å². The van der Waals surface area contributed by atoms with E-state index in [0.717, 1.165) is 31.5 Å². The van der Waals surface area contributed by atoms with Crippen LogP contribution < -0.4 is 5.73 Å². The quantitative estimate of drug-likeness (QED) is 0.878. The maximum atomic E-state index is 12.0. The van der Waals surface area contributed by atoms with Crippen LogP contribution >= 0.6 is 12.4 Å². The Morgan fingerprint density at radius 2 is 1.76 bits per heavy atom. The van der Waals surface area contributed by atoms with Crippen molar-refractivity contribution in [3.8, 4) is 0 Å². The lowest BCUT2D eigenvalue weighted by Crippen LogP contribution is -2.36. The van der Waals surface area contributed by atoms with E-state index in [1.165, 1.54) is 5.56 Å². The Bertz CT molecular complexity index is 372. The molecule has 0 aliphatic carbocycles. The van der Waals surface area contributed by atoms with Gasteiger partial charge in [0.1, 0.15) is 6.04 Å². The summed E-state index contributed by atoms with van der Waals surface area (Å²) in [7, 11) is 0.